The van der Waals surface area contributed by atoms with Crippen LogP contribution in [0, 0.1) is 5.92 Å². The molecule has 0 radical (unpaired) electrons. The third-order valence-corrected chi connectivity index (χ3v) is 3.98. The summed E-state index contributed by atoms with van der Waals surface area (Å²) < 4.78 is 0. The van der Waals surface area contributed by atoms with E-state index in [1.54, 1.807) is 11.3 Å². The van der Waals surface area contributed by atoms with Gasteiger partial charge in [-0.1, -0.05) is 6.07 Å². The second kappa shape index (κ2) is 7.74. The number of carbonyl (C=O) groups is 1. The van der Waals surface area contributed by atoms with Crippen LogP contribution in [0.2, 0.25) is 0 Å². The van der Waals surface area contributed by atoms with Crippen LogP contribution in [-0.4, -0.2) is 36.8 Å². The van der Waals surface area contributed by atoms with E-state index in [4.69, 9.17) is 0 Å². The lowest BCUT2D eigenvalue weighted by atomic mass is 10.1. The second-order valence-corrected chi connectivity index (χ2v) is 5.40. The molecule has 1 aliphatic rings. The van der Waals surface area contributed by atoms with Crippen molar-refractivity contribution < 1.29 is 9.90 Å². The van der Waals surface area contributed by atoms with Gasteiger partial charge in [-0.25, -0.2) is 0 Å². The zero-order valence-corrected chi connectivity index (χ0v) is 11.7. The summed E-state index contributed by atoms with van der Waals surface area (Å²) in [5, 5.41) is 17.6. The fourth-order valence-electron chi connectivity index (χ4n) is 1.95. The van der Waals surface area contributed by atoms with Crippen LogP contribution in [-0.2, 0) is 11.2 Å². The highest BCUT2D eigenvalue weighted by atomic mass is 35.5. The van der Waals surface area contributed by atoms with Crippen molar-refractivity contribution in [3.63, 3.8) is 0 Å². The number of thiophene rings is 1. The van der Waals surface area contributed by atoms with Crippen molar-refractivity contribution >= 4 is 29.7 Å². The Labute approximate surface area is 117 Å². The highest BCUT2D eigenvalue weighted by Crippen LogP contribution is 2.11. The van der Waals surface area contributed by atoms with E-state index in [0.717, 1.165) is 13.0 Å². The minimum absolute atomic E-state index is 0. The number of hydrogen-bond acceptors (Lipinski definition) is 4. The van der Waals surface area contributed by atoms with Crippen molar-refractivity contribution in [3.8, 4) is 0 Å². The van der Waals surface area contributed by atoms with Crippen molar-refractivity contribution in [2.75, 3.05) is 19.6 Å². The molecule has 102 valence electrons. The molecular formula is C12H19ClN2O2S. The third kappa shape index (κ3) is 4.57. The van der Waals surface area contributed by atoms with Gasteiger partial charge in [-0.2, -0.15) is 0 Å². The summed E-state index contributed by atoms with van der Waals surface area (Å²) in [6.07, 6.45) is 0.999. The molecule has 1 aromatic heterocycles. The number of aliphatic hydroxyl groups is 1. The molecule has 1 saturated heterocycles. The normalized spacial score (nSPS) is 22.5. The maximum atomic E-state index is 11.6. The summed E-state index contributed by atoms with van der Waals surface area (Å²) in [6.45, 7) is 1.99. The Hall–Kier alpha value is -0.620. The molecule has 0 aliphatic carbocycles. The van der Waals surface area contributed by atoms with Gasteiger partial charge in [0.1, 0.15) is 0 Å². The van der Waals surface area contributed by atoms with Crippen molar-refractivity contribution in [1.29, 1.82) is 0 Å². The molecule has 2 heterocycles. The number of β-amino-alcohol motifs (C(OH)–C–C–N with tert-alkyl or cyclic N) is 1. The fraction of sp³-hybridized carbons (Fsp3) is 0.583. The average Bonchev–Trinajstić information content (AvgIpc) is 2.95. The number of carbonyl (C=O) groups excluding carboxylic acids is 1. The van der Waals surface area contributed by atoms with Gasteiger partial charge in [0.25, 0.3) is 0 Å². The number of hydrogen-bond donors (Lipinski definition) is 3. The van der Waals surface area contributed by atoms with Gasteiger partial charge in [-0.15, -0.1) is 23.7 Å². The molecule has 2 rings (SSSR count). The van der Waals surface area contributed by atoms with E-state index in [0.29, 0.717) is 19.5 Å². The maximum Gasteiger partial charge on any atom is 0.220 e. The highest BCUT2D eigenvalue weighted by Gasteiger charge is 2.24. The summed E-state index contributed by atoms with van der Waals surface area (Å²) in [7, 11) is 0. The van der Waals surface area contributed by atoms with E-state index in [1.165, 1.54) is 4.88 Å². The first kappa shape index (κ1) is 15.4. The largest absolute Gasteiger partial charge is 0.391 e. The van der Waals surface area contributed by atoms with Crippen LogP contribution in [0.25, 0.3) is 0 Å². The van der Waals surface area contributed by atoms with Crippen molar-refractivity contribution in [3.05, 3.63) is 22.4 Å². The van der Waals surface area contributed by atoms with Crippen LogP contribution in [0.1, 0.15) is 11.3 Å². The van der Waals surface area contributed by atoms with E-state index in [2.05, 4.69) is 10.6 Å². The Morgan fingerprint density at radius 1 is 1.56 bits per heavy atom. The molecule has 6 heteroatoms. The quantitative estimate of drug-likeness (QED) is 0.752. The summed E-state index contributed by atoms with van der Waals surface area (Å²) in [5.41, 5.74) is 0. The lowest BCUT2D eigenvalue weighted by Gasteiger charge is -2.13. The SMILES string of the molecule is Cl.O=C(CCc1cccs1)NCC1CNCC1O. The molecule has 1 aliphatic heterocycles. The molecule has 4 nitrogen and oxygen atoms in total. The van der Waals surface area contributed by atoms with Gasteiger partial charge in [0.2, 0.25) is 5.91 Å². The van der Waals surface area contributed by atoms with Gasteiger partial charge in [0.15, 0.2) is 0 Å². The summed E-state index contributed by atoms with van der Waals surface area (Å²) in [4.78, 5) is 12.8. The fourth-order valence-corrected chi connectivity index (χ4v) is 2.66. The van der Waals surface area contributed by atoms with Crippen molar-refractivity contribution in [2.45, 2.75) is 18.9 Å². The Kier molecular flexibility index (Phi) is 6.63. The molecular weight excluding hydrogens is 272 g/mol. The molecule has 2 unspecified atom stereocenters. The van der Waals surface area contributed by atoms with E-state index in [-0.39, 0.29) is 30.3 Å². The van der Waals surface area contributed by atoms with Crippen molar-refractivity contribution in [2.24, 2.45) is 5.92 Å². The first-order chi connectivity index (χ1) is 8.25. The molecule has 1 aromatic rings. The van der Waals surface area contributed by atoms with Crippen LogP contribution in [0.5, 0.6) is 0 Å². The molecule has 2 atom stereocenters. The number of halogens is 1. The zero-order valence-electron chi connectivity index (χ0n) is 10.1. The van der Waals surface area contributed by atoms with Gasteiger partial charge in [-0.3, -0.25) is 4.79 Å². The van der Waals surface area contributed by atoms with Gasteiger partial charge < -0.3 is 15.7 Å². The maximum absolute atomic E-state index is 11.6. The minimum Gasteiger partial charge on any atom is -0.391 e. The second-order valence-electron chi connectivity index (χ2n) is 4.37. The molecule has 3 N–H and O–H groups in total. The topological polar surface area (TPSA) is 61.4 Å². The van der Waals surface area contributed by atoms with E-state index >= 15 is 0 Å². The number of aryl methyl sites for hydroxylation is 1. The van der Waals surface area contributed by atoms with Gasteiger partial charge in [0, 0.05) is 36.9 Å². The Morgan fingerprint density at radius 2 is 2.39 bits per heavy atom. The smallest absolute Gasteiger partial charge is 0.220 e. The summed E-state index contributed by atoms with van der Waals surface area (Å²) in [5.74, 6) is 0.221. The third-order valence-electron chi connectivity index (χ3n) is 3.04. The molecule has 0 aromatic carbocycles. The predicted molar refractivity (Wildman–Crippen MR) is 75.3 cm³/mol. The number of rotatable bonds is 5. The highest BCUT2D eigenvalue weighted by molar-refractivity contribution is 7.09. The number of nitrogens with one attached hydrogen (secondary N) is 2. The van der Waals surface area contributed by atoms with Gasteiger partial charge in [0.05, 0.1) is 6.10 Å². The van der Waals surface area contributed by atoms with Crippen LogP contribution in [0.3, 0.4) is 0 Å². The Morgan fingerprint density at radius 3 is 3.00 bits per heavy atom. The van der Waals surface area contributed by atoms with Crippen LogP contribution >= 0.6 is 23.7 Å². The lowest BCUT2D eigenvalue weighted by molar-refractivity contribution is -0.121. The number of amides is 1. The summed E-state index contributed by atoms with van der Waals surface area (Å²) in [6, 6.07) is 4.04. The average molecular weight is 291 g/mol. The molecule has 0 bridgehead atoms. The van der Waals surface area contributed by atoms with Gasteiger partial charge >= 0.3 is 0 Å². The summed E-state index contributed by atoms with van der Waals surface area (Å²) >= 11 is 1.68. The first-order valence-electron chi connectivity index (χ1n) is 5.93. The minimum atomic E-state index is -0.326. The van der Waals surface area contributed by atoms with Crippen LogP contribution < -0.4 is 10.6 Å². The molecule has 0 spiro atoms. The molecule has 18 heavy (non-hydrogen) atoms. The van der Waals surface area contributed by atoms with Crippen LogP contribution in [0.15, 0.2) is 17.5 Å². The van der Waals surface area contributed by atoms with Gasteiger partial charge in [-0.05, 0) is 17.9 Å². The zero-order chi connectivity index (χ0) is 12.1. The molecule has 1 fully saturated rings. The first-order valence-corrected chi connectivity index (χ1v) is 6.81. The lowest BCUT2D eigenvalue weighted by Crippen LogP contribution is -2.34. The predicted octanol–water partition coefficient (Wildman–Crippen LogP) is 0.799. The molecule has 0 saturated carbocycles. The Bertz CT molecular complexity index is 359. The molecule has 1 amide bonds. The standard InChI is InChI=1S/C12H18N2O2S.ClH/c15-11-8-13-6-9(11)7-14-12(16)4-3-10-2-1-5-17-10;/h1-2,5,9,11,13,15H,3-4,6-8H2,(H,14,16);1H. The van der Waals surface area contributed by atoms with E-state index < -0.39 is 0 Å². The van der Waals surface area contributed by atoms with Crippen molar-refractivity contribution in [1.82, 2.24) is 10.6 Å². The van der Waals surface area contributed by atoms with E-state index in [1.807, 2.05) is 17.5 Å². The monoisotopic (exact) mass is 290 g/mol. The number of aliphatic hydroxyl groups excluding tert-OH is 1. The van der Waals surface area contributed by atoms with E-state index in [9.17, 15) is 9.90 Å². The Balaban J connectivity index is 0.00000162. The van der Waals surface area contributed by atoms with Crippen LogP contribution in [0.4, 0.5) is 0 Å².